The van der Waals surface area contributed by atoms with Gasteiger partial charge < -0.3 is 19.3 Å². The van der Waals surface area contributed by atoms with Crippen molar-refractivity contribution in [2.24, 2.45) is 0 Å². The molecule has 1 fully saturated rings. The highest BCUT2D eigenvalue weighted by Crippen LogP contribution is 2.29. The van der Waals surface area contributed by atoms with Gasteiger partial charge in [-0.05, 0) is 13.0 Å². The molecule has 22 heavy (non-hydrogen) atoms. The molecular weight excluding hydrogens is 304 g/mol. The third kappa shape index (κ3) is 3.11. The Morgan fingerprint density at radius 2 is 1.86 bits per heavy atom. The molecule has 1 aromatic carbocycles. The Balaban J connectivity index is 1.90. The van der Waals surface area contributed by atoms with E-state index in [9.17, 15) is 9.90 Å². The molecule has 0 spiro atoms. The number of hydrogen-bond donors (Lipinski definition) is 3. The van der Waals surface area contributed by atoms with Crippen LogP contribution in [0.5, 0.6) is 5.75 Å². The van der Waals surface area contributed by atoms with Crippen LogP contribution in [0.4, 0.5) is 0 Å². The fourth-order valence-electron chi connectivity index (χ4n) is 3.14. The summed E-state index contributed by atoms with van der Waals surface area (Å²) >= 11 is 6.00. The first-order valence-corrected chi connectivity index (χ1v) is 8.07. The number of phenols is 1. The van der Waals surface area contributed by atoms with Gasteiger partial charge in [0, 0.05) is 23.1 Å². The fraction of sp³-hybridized carbons (Fsp3) is 0.438. The Kier molecular flexibility index (Phi) is 4.38. The normalized spacial score (nSPS) is 22.1. The quantitative estimate of drug-likeness (QED) is 0.664. The van der Waals surface area contributed by atoms with E-state index in [-0.39, 0.29) is 16.4 Å². The predicted octanol–water partition coefficient (Wildman–Crippen LogP) is -0.545. The molecule has 1 saturated heterocycles. The number of hydrogen-bond acceptors (Lipinski definition) is 3. The minimum atomic E-state index is -0.388. The third-order valence-electron chi connectivity index (χ3n) is 4.50. The minimum Gasteiger partial charge on any atom is -0.506 e. The van der Waals surface area contributed by atoms with Gasteiger partial charge >= 0.3 is 5.63 Å². The van der Waals surface area contributed by atoms with Crippen molar-refractivity contribution in [3.8, 4) is 5.75 Å². The monoisotopic (exact) mass is 324 g/mol. The SMILES string of the molecule is CC[NH+]1CC[NH+](Cc2cc(=O)oc3cc(O)c(Cl)cc23)CC1. The summed E-state index contributed by atoms with van der Waals surface area (Å²) in [6.45, 7) is 8.66. The molecule has 5 nitrogen and oxygen atoms in total. The van der Waals surface area contributed by atoms with Crippen molar-refractivity contribution in [1.29, 1.82) is 0 Å². The second kappa shape index (κ2) is 6.28. The number of likely N-dealkylation sites (N-methyl/N-ethyl adjacent to an activating group) is 1. The van der Waals surface area contributed by atoms with Crippen molar-refractivity contribution in [3.63, 3.8) is 0 Å². The van der Waals surface area contributed by atoms with Gasteiger partial charge in [-0.15, -0.1) is 0 Å². The number of quaternary nitrogens is 2. The second-order valence-corrected chi connectivity index (χ2v) is 6.33. The summed E-state index contributed by atoms with van der Waals surface area (Å²) < 4.78 is 5.17. The highest BCUT2D eigenvalue weighted by Gasteiger charge is 2.23. The van der Waals surface area contributed by atoms with Crippen molar-refractivity contribution < 1.29 is 19.3 Å². The lowest BCUT2D eigenvalue weighted by molar-refractivity contribution is -1.02. The zero-order chi connectivity index (χ0) is 15.7. The van der Waals surface area contributed by atoms with E-state index in [1.54, 1.807) is 17.0 Å². The molecule has 0 bridgehead atoms. The fourth-order valence-corrected chi connectivity index (χ4v) is 3.30. The first-order valence-electron chi connectivity index (χ1n) is 7.69. The Morgan fingerprint density at radius 3 is 2.55 bits per heavy atom. The number of fused-ring (bicyclic) bond motifs is 1. The molecule has 2 aromatic rings. The molecule has 0 saturated carbocycles. The van der Waals surface area contributed by atoms with Gasteiger partial charge in [0.25, 0.3) is 0 Å². The zero-order valence-corrected chi connectivity index (χ0v) is 13.4. The largest absolute Gasteiger partial charge is 0.506 e. The lowest BCUT2D eigenvalue weighted by Crippen LogP contribution is -3.27. The zero-order valence-electron chi connectivity index (χ0n) is 12.6. The van der Waals surface area contributed by atoms with E-state index in [0.717, 1.165) is 43.7 Å². The van der Waals surface area contributed by atoms with E-state index < -0.39 is 0 Å². The number of halogens is 1. The van der Waals surface area contributed by atoms with Crippen molar-refractivity contribution in [2.75, 3.05) is 32.7 Å². The first-order chi connectivity index (χ1) is 10.6. The van der Waals surface area contributed by atoms with Crippen LogP contribution >= 0.6 is 11.6 Å². The molecule has 0 aliphatic carbocycles. The molecule has 1 aliphatic heterocycles. The van der Waals surface area contributed by atoms with Gasteiger partial charge in [-0.25, -0.2) is 4.79 Å². The van der Waals surface area contributed by atoms with Gasteiger partial charge in [0.15, 0.2) is 0 Å². The Bertz CT molecular complexity index is 736. The number of benzene rings is 1. The lowest BCUT2D eigenvalue weighted by atomic mass is 10.1. The van der Waals surface area contributed by atoms with Crippen molar-refractivity contribution in [2.45, 2.75) is 13.5 Å². The maximum Gasteiger partial charge on any atom is 0.336 e. The minimum absolute atomic E-state index is 0.0676. The summed E-state index contributed by atoms with van der Waals surface area (Å²) in [6.07, 6.45) is 0. The highest BCUT2D eigenvalue weighted by atomic mass is 35.5. The van der Waals surface area contributed by atoms with Crippen LogP contribution in [0.2, 0.25) is 5.02 Å². The third-order valence-corrected chi connectivity index (χ3v) is 4.81. The number of nitrogens with one attached hydrogen (secondary N) is 2. The standard InChI is InChI=1S/C16H19ClN2O3/c1-2-18-3-5-19(6-4-18)10-11-7-16(21)22-15-9-14(20)13(17)8-12(11)15/h7-9,20H,2-6,10H2,1H3/p+2. The second-order valence-electron chi connectivity index (χ2n) is 5.92. The molecule has 0 amide bonds. The summed E-state index contributed by atoms with van der Waals surface area (Å²) in [5.74, 6) is -0.0676. The maximum absolute atomic E-state index is 11.7. The van der Waals surface area contributed by atoms with E-state index >= 15 is 0 Å². The number of piperazine rings is 1. The molecule has 0 radical (unpaired) electrons. The van der Waals surface area contributed by atoms with Crippen molar-refractivity contribution in [3.05, 3.63) is 39.2 Å². The van der Waals surface area contributed by atoms with E-state index in [1.807, 2.05) is 0 Å². The molecule has 3 rings (SSSR count). The predicted molar refractivity (Wildman–Crippen MR) is 84.8 cm³/mol. The van der Waals surface area contributed by atoms with Crippen LogP contribution in [0.15, 0.2) is 27.4 Å². The van der Waals surface area contributed by atoms with Crippen LogP contribution in [0, 0.1) is 0 Å². The highest BCUT2D eigenvalue weighted by molar-refractivity contribution is 6.32. The van der Waals surface area contributed by atoms with Crippen LogP contribution in [0.3, 0.4) is 0 Å². The summed E-state index contributed by atoms with van der Waals surface area (Å²) in [7, 11) is 0. The average Bonchev–Trinajstić information content (AvgIpc) is 2.50. The summed E-state index contributed by atoms with van der Waals surface area (Å²) in [4.78, 5) is 14.8. The number of aromatic hydroxyl groups is 1. The molecule has 1 aliphatic rings. The van der Waals surface area contributed by atoms with Gasteiger partial charge in [-0.2, -0.15) is 0 Å². The molecular formula is C16H21ClN2O3+2. The summed E-state index contributed by atoms with van der Waals surface area (Å²) in [5, 5.41) is 10.8. The van der Waals surface area contributed by atoms with Crippen molar-refractivity contribution in [1.82, 2.24) is 0 Å². The van der Waals surface area contributed by atoms with Gasteiger partial charge in [0.05, 0.1) is 11.6 Å². The Morgan fingerprint density at radius 1 is 1.18 bits per heavy atom. The van der Waals surface area contributed by atoms with Crippen molar-refractivity contribution >= 4 is 22.6 Å². The summed E-state index contributed by atoms with van der Waals surface area (Å²) in [6, 6.07) is 4.64. The molecule has 3 N–H and O–H groups in total. The molecule has 6 heteroatoms. The number of rotatable bonds is 3. The van der Waals surface area contributed by atoms with Gasteiger partial charge in [-0.1, -0.05) is 11.6 Å². The van der Waals surface area contributed by atoms with Gasteiger partial charge in [0.1, 0.15) is 44.1 Å². The van der Waals surface area contributed by atoms with Gasteiger partial charge in [-0.3, -0.25) is 0 Å². The van der Waals surface area contributed by atoms with Crippen LogP contribution in [0.25, 0.3) is 11.0 Å². The Hall–Kier alpha value is -1.56. The first kappa shape index (κ1) is 15.3. The lowest BCUT2D eigenvalue weighted by Gasteiger charge is -2.29. The molecule has 0 unspecified atom stereocenters. The van der Waals surface area contributed by atoms with E-state index in [4.69, 9.17) is 16.0 Å². The van der Waals surface area contributed by atoms with Gasteiger partial charge in [0.2, 0.25) is 0 Å². The van der Waals surface area contributed by atoms with Crippen LogP contribution < -0.4 is 15.4 Å². The molecule has 2 heterocycles. The van der Waals surface area contributed by atoms with Crippen LogP contribution in [-0.4, -0.2) is 37.8 Å². The van der Waals surface area contributed by atoms with Crippen LogP contribution in [-0.2, 0) is 6.54 Å². The Labute approximate surface area is 133 Å². The van der Waals surface area contributed by atoms with E-state index in [2.05, 4.69) is 6.92 Å². The smallest absolute Gasteiger partial charge is 0.336 e. The van der Waals surface area contributed by atoms with E-state index in [1.165, 1.54) is 17.5 Å². The number of phenolic OH excluding ortho intramolecular Hbond substituents is 1. The average molecular weight is 325 g/mol. The summed E-state index contributed by atoms with van der Waals surface area (Å²) in [5.41, 5.74) is 0.936. The maximum atomic E-state index is 11.7. The van der Waals surface area contributed by atoms with Crippen LogP contribution in [0.1, 0.15) is 12.5 Å². The molecule has 1 aromatic heterocycles. The van der Waals surface area contributed by atoms with E-state index in [0.29, 0.717) is 5.58 Å². The molecule has 118 valence electrons. The topological polar surface area (TPSA) is 59.3 Å². The molecule has 0 atom stereocenters.